The van der Waals surface area contributed by atoms with Crippen molar-refractivity contribution in [2.24, 2.45) is 11.8 Å². The molecule has 61 heavy (non-hydrogen) atoms. The Morgan fingerprint density at radius 2 is 1.16 bits per heavy atom. The van der Waals surface area contributed by atoms with Crippen molar-refractivity contribution in [1.29, 1.82) is 0 Å². The lowest BCUT2D eigenvalue weighted by atomic mass is 9.57. The van der Waals surface area contributed by atoms with Crippen LogP contribution in [0.4, 0.5) is 17.1 Å². The van der Waals surface area contributed by atoms with Crippen LogP contribution in [0.5, 0.6) is 0 Å². The van der Waals surface area contributed by atoms with Gasteiger partial charge in [0.25, 0.3) is 0 Å². The van der Waals surface area contributed by atoms with Crippen molar-refractivity contribution in [3.63, 3.8) is 0 Å². The van der Waals surface area contributed by atoms with E-state index < -0.39 is 0 Å². The number of hydrogen-bond acceptors (Lipinski definition) is 2. The Morgan fingerprint density at radius 1 is 0.541 bits per heavy atom. The predicted molar refractivity (Wildman–Crippen MR) is 259 cm³/mol. The summed E-state index contributed by atoms with van der Waals surface area (Å²) in [6.07, 6.45) is 17.4. The van der Waals surface area contributed by atoms with Crippen LogP contribution in [0.15, 0.2) is 229 Å². The summed E-state index contributed by atoms with van der Waals surface area (Å²) < 4.78 is 0. The third-order valence-corrected chi connectivity index (χ3v) is 13.6. The van der Waals surface area contributed by atoms with Gasteiger partial charge in [-0.05, 0) is 127 Å². The van der Waals surface area contributed by atoms with Gasteiger partial charge in [0.1, 0.15) is 0 Å². The SMILES string of the molecule is CC1CC(N(c2cccc(-c3ccccc3)c2)c2cccc(-c3ccccc3)c2)=CC=C1c1ccc(N(C)C2=C3C=CC=C4c5cccc6cccc(c56)C(C)(C=C2)C43)cc1. The predicted octanol–water partition coefficient (Wildman–Crippen LogP) is 15.1. The molecule has 3 unspecified atom stereocenters. The van der Waals surface area contributed by atoms with E-state index in [9.17, 15) is 0 Å². The summed E-state index contributed by atoms with van der Waals surface area (Å²) in [6.45, 7) is 4.80. The van der Waals surface area contributed by atoms with Crippen LogP contribution in [-0.2, 0) is 5.41 Å². The zero-order valence-corrected chi connectivity index (χ0v) is 35.0. The molecule has 2 heteroatoms. The number of anilines is 3. The maximum absolute atomic E-state index is 2.47. The van der Waals surface area contributed by atoms with Gasteiger partial charge in [-0.2, -0.15) is 0 Å². The highest BCUT2D eigenvalue weighted by molar-refractivity contribution is 6.02. The molecular formula is C59H48N2. The van der Waals surface area contributed by atoms with Crippen molar-refractivity contribution < 1.29 is 0 Å². The van der Waals surface area contributed by atoms with Crippen molar-refractivity contribution >= 4 is 39.0 Å². The van der Waals surface area contributed by atoms with Crippen molar-refractivity contribution in [2.75, 3.05) is 16.8 Å². The van der Waals surface area contributed by atoms with Gasteiger partial charge < -0.3 is 9.80 Å². The number of likely N-dealkylation sites (N-methyl/N-ethyl adjacent to an activating group) is 1. The highest BCUT2D eigenvalue weighted by atomic mass is 15.1. The first-order valence-electron chi connectivity index (χ1n) is 21.6. The molecule has 2 nitrogen and oxygen atoms in total. The van der Waals surface area contributed by atoms with Crippen molar-refractivity contribution in [1.82, 2.24) is 0 Å². The van der Waals surface area contributed by atoms with Crippen LogP contribution in [0.2, 0.25) is 0 Å². The van der Waals surface area contributed by atoms with E-state index in [1.54, 1.807) is 0 Å². The molecule has 7 aromatic rings. The second-order valence-electron chi connectivity index (χ2n) is 17.2. The molecule has 4 aliphatic carbocycles. The van der Waals surface area contributed by atoms with Crippen LogP contribution in [0.3, 0.4) is 0 Å². The summed E-state index contributed by atoms with van der Waals surface area (Å²) in [7, 11) is 2.22. The monoisotopic (exact) mass is 784 g/mol. The first kappa shape index (κ1) is 36.9. The normalized spacial score (nSPS) is 19.8. The minimum absolute atomic E-state index is 0.116. The van der Waals surface area contributed by atoms with Crippen LogP contribution in [0.25, 0.3) is 44.2 Å². The Labute approximate surface area is 360 Å². The van der Waals surface area contributed by atoms with Crippen LogP contribution >= 0.6 is 0 Å². The third kappa shape index (κ3) is 6.25. The quantitative estimate of drug-likeness (QED) is 0.151. The number of rotatable bonds is 8. The Hall–Kier alpha value is -7.16. The first-order valence-corrected chi connectivity index (χ1v) is 21.6. The molecule has 0 radical (unpaired) electrons. The number of hydrogen-bond donors (Lipinski definition) is 0. The maximum Gasteiger partial charge on any atom is 0.0464 e. The fourth-order valence-electron chi connectivity index (χ4n) is 10.6. The molecule has 0 aliphatic heterocycles. The van der Waals surface area contributed by atoms with Crippen molar-refractivity contribution in [2.45, 2.75) is 25.7 Å². The molecule has 0 fully saturated rings. The van der Waals surface area contributed by atoms with Gasteiger partial charge in [-0.3, -0.25) is 0 Å². The van der Waals surface area contributed by atoms with E-state index in [1.165, 1.54) is 83.5 Å². The maximum atomic E-state index is 2.47. The molecule has 0 aromatic heterocycles. The Balaban J connectivity index is 0.916. The third-order valence-electron chi connectivity index (χ3n) is 13.6. The summed E-state index contributed by atoms with van der Waals surface area (Å²) in [6, 6.07) is 62.2. The Morgan fingerprint density at radius 3 is 1.82 bits per heavy atom. The van der Waals surface area contributed by atoms with Gasteiger partial charge >= 0.3 is 0 Å². The lowest BCUT2D eigenvalue weighted by molar-refractivity contribution is 0.487. The summed E-state index contributed by atoms with van der Waals surface area (Å²) in [4.78, 5) is 4.84. The molecule has 7 aromatic carbocycles. The van der Waals surface area contributed by atoms with E-state index in [2.05, 4.69) is 243 Å². The summed E-state index contributed by atoms with van der Waals surface area (Å²) in [5.41, 5.74) is 19.0. The second kappa shape index (κ2) is 14.8. The van der Waals surface area contributed by atoms with Gasteiger partial charge in [-0.1, -0.05) is 178 Å². The molecule has 0 heterocycles. The highest BCUT2D eigenvalue weighted by Crippen LogP contribution is 2.57. The summed E-state index contributed by atoms with van der Waals surface area (Å²) in [5, 5.41) is 2.72. The Bertz CT molecular complexity index is 2940. The molecule has 11 rings (SSSR count). The smallest absolute Gasteiger partial charge is 0.0464 e. The number of allylic oxidation sites excluding steroid dienone is 11. The average Bonchev–Trinajstić information content (AvgIpc) is 3.32. The second-order valence-corrected chi connectivity index (χ2v) is 17.2. The van der Waals surface area contributed by atoms with Gasteiger partial charge in [0.15, 0.2) is 0 Å². The largest absolute Gasteiger partial charge is 0.344 e. The fraction of sp³-hybridized carbons (Fsp3) is 0.119. The molecule has 0 spiro atoms. The first-order chi connectivity index (χ1) is 29.9. The molecule has 0 amide bonds. The van der Waals surface area contributed by atoms with E-state index in [0.29, 0.717) is 5.92 Å². The zero-order valence-electron chi connectivity index (χ0n) is 35.0. The average molecular weight is 785 g/mol. The van der Waals surface area contributed by atoms with Crippen molar-refractivity contribution in [3.8, 4) is 22.3 Å². The van der Waals surface area contributed by atoms with Gasteiger partial charge in [0.05, 0.1) is 0 Å². The lowest BCUT2D eigenvalue weighted by Crippen LogP contribution is -2.39. The van der Waals surface area contributed by atoms with E-state index in [4.69, 9.17) is 0 Å². The van der Waals surface area contributed by atoms with Crippen LogP contribution in [0.1, 0.15) is 37.0 Å². The molecule has 4 aliphatic rings. The number of benzene rings is 7. The van der Waals surface area contributed by atoms with Gasteiger partial charge in [-0.15, -0.1) is 0 Å². The lowest BCUT2D eigenvalue weighted by Gasteiger charge is -2.47. The molecule has 0 saturated heterocycles. The van der Waals surface area contributed by atoms with E-state index in [0.717, 1.165) is 17.8 Å². The molecular weight excluding hydrogens is 737 g/mol. The molecule has 0 N–H and O–H groups in total. The minimum Gasteiger partial charge on any atom is -0.344 e. The van der Waals surface area contributed by atoms with Crippen molar-refractivity contribution in [3.05, 3.63) is 246 Å². The van der Waals surface area contributed by atoms with E-state index in [1.807, 2.05) is 0 Å². The molecule has 0 saturated carbocycles. The molecule has 3 atom stereocenters. The molecule has 0 bridgehead atoms. The van der Waals surface area contributed by atoms with Gasteiger partial charge in [0.2, 0.25) is 0 Å². The van der Waals surface area contributed by atoms with Crippen LogP contribution in [0, 0.1) is 11.8 Å². The summed E-state index contributed by atoms with van der Waals surface area (Å²) in [5.74, 6) is 0.580. The van der Waals surface area contributed by atoms with Gasteiger partial charge in [0, 0.05) is 46.8 Å². The van der Waals surface area contributed by atoms with Crippen LogP contribution < -0.4 is 9.80 Å². The van der Waals surface area contributed by atoms with E-state index >= 15 is 0 Å². The van der Waals surface area contributed by atoms with E-state index in [-0.39, 0.29) is 11.3 Å². The van der Waals surface area contributed by atoms with Gasteiger partial charge in [-0.25, -0.2) is 0 Å². The fourth-order valence-corrected chi connectivity index (χ4v) is 10.6. The Kier molecular flexibility index (Phi) is 8.97. The standard InChI is InChI=1S/C59H48N2/c1-40-37-50(61(48-23-10-21-45(38-48)41-15-6-4-7-16-41)49-24-11-22-46(39-49)42-17-8-5-9-18-42)33-34-51(40)43-29-31-47(32-30-43)60(3)56-35-36-59(2)55-28-13-20-44-19-12-25-52(57(44)55)53-26-14-27-54(56)58(53)59/h4-36,38-40,58H,37H2,1-3H3. The number of nitrogens with zero attached hydrogens (tertiary/aromatic N) is 2. The van der Waals surface area contributed by atoms with Crippen LogP contribution in [-0.4, -0.2) is 7.05 Å². The number of fused-ring (bicyclic) bond motifs is 2. The topological polar surface area (TPSA) is 6.48 Å². The summed E-state index contributed by atoms with van der Waals surface area (Å²) >= 11 is 0. The minimum atomic E-state index is -0.116. The zero-order chi connectivity index (χ0) is 41.1. The molecule has 294 valence electrons. The highest BCUT2D eigenvalue weighted by Gasteiger charge is 2.46.